The predicted octanol–water partition coefficient (Wildman–Crippen LogP) is 3.90. The monoisotopic (exact) mass is 426 g/mol. The Hall–Kier alpha value is -1.44. The lowest BCUT2D eigenvalue weighted by Crippen LogP contribution is -2.32. The van der Waals surface area contributed by atoms with E-state index in [1.54, 1.807) is 12.1 Å². The molecule has 0 heterocycles. The Morgan fingerprint density at radius 3 is 2.48 bits per heavy atom. The van der Waals surface area contributed by atoms with Crippen LogP contribution < -0.4 is 0 Å². The summed E-state index contributed by atoms with van der Waals surface area (Å²) < 4.78 is 13.2. The Labute approximate surface area is 175 Å². The van der Waals surface area contributed by atoms with Crippen LogP contribution >= 0.6 is 11.8 Å². The van der Waals surface area contributed by atoms with Crippen molar-refractivity contribution in [1.29, 1.82) is 0 Å². The highest BCUT2D eigenvalue weighted by Crippen LogP contribution is 2.40. The molecule has 4 atom stereocenters. The Morgan fingerprint density at radius 2 is 1.86 bits per heavy atom. The fourth-order valence-corrected chi connectivity index (χ4v) is 5.53. The summed E-state index contributed by atoms with van der Waals surface area (Å²) in [5.74, 6) is -1.02. The average molecular weight is 427 g/mol. The maximum atomic E-state index is 13.2. The van der Waals surface area contributed by atoms with Crippen LogP contribution in [0.4, 0.5) is 4.39 Å². The number of aliphatic carboxylic acids is 1. The first-order valence-electron chi connectivity index (χ1n) is 10.3. The number of unbranched alkanes of at least 4 members (excludes halogenated alkanes) is 3. The van der Waals surface area contributed by atoms with E-state index in [1.165, 1.54) is 23.9 Å². The van der Waals surface area contributed by atoms with Crippen molar-refractivity contribution in [2.24, 2.45) is 5.92 Å². The number of halogens is 1. The number of carbonyl (C=O) groups excluding carboxylic acids is 1. The van der Waals surface area contributed by atoms with Gasteiger partial charge in [-0.05, 0) is 37.0 Å². The minimum Gasteiger partial charge on any atom is -0.481 e. The molecule has 0 radical (unpaired) electrons. The summed E-state index contributed by atoms with van der Waals surface area (Å²) in [6.45, 7) is 1.86. The van der Waals surface area contributed by atoms with Gasteiger partial charge in [0.1, 0.15) is 11.6 Å². The maximum absolute atomic E-state index is 13.2. The molecule has 0 amide bonds. The molecule has 7 heteroatoms. The van der Waals surface area contributed by atoms with Crippen LogP contribution in [-0.4, -0.2) is 44.2 Å². The maximum Gasteiger partial charge on any atom is 0.303 e. The van der Waals surface area contributed by atoms with Gasteiger partial charge >= 0.3 is 5.97 Å². The Bertz CT molecular complexity index is 680. The smallest absolute Gasteiger partial charge is 0.303 e. The number of Topliss-reactive ketones (excluding diaryl/α,β-unsaturated/α-hetero) is 1. The van der Waals surface area contributed by atoms with Gasteiger partial charge in [-0.15, -0.1) is 0 Å². The molecule has 2 unspecified atom stereocenters. The second kappa shape index (κ2) is 11.1. The third kappa shape index (κ3) is 6.79. The SMILES string of the molecule is CCC(O)(CS[C@H]1C(O)CC(=O)[C@@H]1CCCCCCC(=O)O)c1ccc(F)cc1. The van der Waals surface area contributed by atoms with Gasteiger partial charge < -0.3 is 15.3 Å². The van der Waals surface area contributed by atoms with Gasteiger partial charge in [0.05, 0.1) is 11.7 Å². The van der Waals surface area contributed by atoms with Gasteiger partial charge in [-0.25, -0.2) is 4.39 Å². The number of ketones is 1. The number of benzene rings is 1. The molecular formula is C22H31FO5S. The van der Waals surface area contributed by atoms with Crippen LogP contribution in [-0.2, 0) is 15.2 Å². The number of rotatable bonds is 12. The van der Waals surface area contributed by atoms with Crippen LogP contribution in [0.1, 0.15) is 63.9 Å². The zero-order valence-corrected chi connectivity index (χ0v) is 17.7. The molecule has 1 aliphatic rings. The van der Waals surface area contributed by atoms with Gasteiger partial charge in [0.15, 0.2) is 0 Å². The molecule has 1 fully saturated rings. The van der Waals surface area contributed by atoms with Crippen LogP contribution in [0.3, 0.4) is 0 Å². The van der Waals surface area contributed by atoms with E-state index in [-0.39, 0.29) is 35.6 Å². The first-order chi connectivity index (χ1) is 13.8. The van der Waals surface area contributed by atoms with Gasteiger partial charge in [0.25, 0.3) is 0 Å². The molecular weight excluding hydrogens is 395 g/mol. The van der Waals surface area contributed by atoms with Crippen LogP contribution in [0.25, 0.3) is 0 Å². The molecule has 0 aliphatic heterocycles. The van der Waals surface area contributed by atoms with E-state index in [9.17, 15) is 24.2 Å². The predicted molar refractivity (Wildman–Crippen MR) is 111 cm³/mol. The summed E-state index contributed by atoms with van der Waals surface area (Å²) in [7, 11) is 0. The van der Waals surface area contributed by atoms with Crippen molar-refractivity contribution in [1.82, 2.24) is 0 Å². The summed E-state index contributed by atoms with van der Waals surface area (Å²) in [6, 6.07) is 5.79. The van der Waals surface area contributed by atoms with E-state index in [0.717, 1.165) is 19.3 Å². The number of thioether (sulfide) groups is 1. The number of carboxylic acid groups (broad SMARTS) is 1. The van der Waals surface area contributed by atoms with Crippen molar-refractivity contribution in [3.63, 3.8) is 0 Å². The standard InChI is InChI=1S/C22H31FO5S/c1-2-22(28,15-9-11-16(23)12-10-15)14-29-21-17(18(24)13-19(21)25)7-5-3-4-6-8-20(26)27/h9-12,17,19,21,25,28H,2-8,13-14H2,1H3,(H,26,27)/t17-,19?,21+,22?/m0/s1. The van der Waals surface area contributed by atoms with E-state index in [4.69, 9.17) is 5.11 Å². The lowest BCUT2D eigenvalue weighted by molar-refractivity contribution is -0.137. The topological polar surface area (TPSA) is 94.8 Å². The Kier molecular flexibility index (Phi) is 9.11. The van der Waals surface area contributed by atoms with E-state index >= 15 is 0 Å². The minimum absolute atomic E-state index is 0.0577. The van der Waals surface area contributed by atoms with Crippen LogP contribution in [0, 0.1) is 11.7 Å². The molecule has 1 aromatic rings. The molecule has 0 bridgehead atoms. The van der Waals surface area contributed by atoms with Gasteiger partial charge in [-0.2, -0.15) is 11.8 Å². The van der Waals surface area contributed by atoms with E-state index < -0.39 is 17.7 Å². The van der Waals surface area contributed by atoms with Crippen LogP contribution in [0.2, 0.25) is 0 Å². The normalized spacial score (nSPS) is 23.9. The van der Waals surface area contributed by atoms with Crippen molar-refractivity contribution < 1.29 is 29.3 Å². The molecule has 0 saturated heterocycles. The zero-order valence-electron chi connectivity index (χ0n) is 16.8. The van der Waals surface area contributed by atoms with Gasteiger partial charge in [0.2, 0.25) is 0 Å². The number of aliphatic hydroxyl groups excluding tert-OH is 1. The summed E-state index contributed by atoms with van der Waals surface area (Å²) in [5, 5.41) is 29.8. The lowest BCUT2D eigenvalue weighted by atomic mass is 9.93. The fourth-order valence-electron chi connectivity index (χ4n) is 3.86. The molecule has 2 rings (SSSR count). The van der Waals surface area contributed by atoms with Crippen molar-refractivity contribution in [3.05, 3.63) is 35.6 Å². The van der Waals surface area contributed by atoms with Crippen molar-refractivity contribution in [2.45, 2.75) is 75.2 Å². The second-order valence-corrected chi connectivity index (χ2v) is 9.02. The van der Waals surface area contributed by atoms with Gasteiger partial charge in [0, 0.05) is 29.8 Å². The van der Waals surface area contributed by atoms with Crippen LogP contribution in [0.15, 0.2) is 24.3 Å². The summed E-state index contributed by atoms with van der Waals surface area (Å²) in [5.41, 5.74) is -0.520. The van der Waals surface area contributed by atoms with Crippen molar-refractivity contribution in [3.8, 4) is 0 Å². The first-order valence-corrected chi connectivity index (χ1v) is 11.3. The molecule has 29 heavy (non-hydrogen) atoms. The summed E-state index contributed by atoms with van der Waals surface area (Å²) >= 11 is 1.41. The fraction of sp³-hybridized carbons (Fsp3) is 0.636. The Morgan fingerprint density at radius 1 is 1.21 bits per heavy atom. The van der Waals surface area contributed by atoms with Crippen molar-refractivity contribution in [2.75, 3.05) is 5.75 Å². The Balaban J connectivity index is 1.91. The molecule has 1 saturated carbocycles. The van der Waals surface area contributed by atoms with E-state index in [2.05, 4.69) is 0 Å². The number of carboxylic acids is 1. The largest absolute Gasteiger partial charge is 0.481 e. The molecule has 0 aromatic heterocycles. The molecule has 1 aliphatic carbocycles. The highest BCUT2D eigenvalue weighted by molar-refractivity contribution is 8.00. The molecule has 5 nitrogen and oxygen atoms in total. The minimum atomic E-state index is -1.15. The summed E-state index contributed by atoms with van der Waals surface area (Å²) in [6.07, 6.45) is 3.82. The summed E-state index contributed by atoms with van der Waals surface area (Å²) in [4.78, 5) is 22.9. The molecule has 3 N–H and O–H groups in total. The average Bonchev–Trinajstić information content (AvgIpc) is 2.95. The zero-order chi connectivity index (χ0) is 21.4. The number of aliphatic hydroxyl groups is 2. The lowest BCUT2D eigenvalue weighted by Gasteiger charge is -2.30. The number of hydrogen-bond donors (Lipinski definition) is 3. The van der Waals surface area contributed by atoms with Crippen LogP contribution in [0.5, 0.6) is 0 Å². The van der Waals surface area contributed by atoms with Gasteiger partial charge in [-0.3, -0.25) is 9.59 Å². The van der Waals surface area contributed by atoms with E-state index in [1.807, 2.05) is 6.92 Å². The van der Waals surface area contributed by atoms with E-state index in [0.29, 0.717) is 30.6 Å². The number of hydrogen-bond acceptors (Lipinski definition) is 5. The third-order valence-corrected chi connectivity index (χ3v) is 7.41. The second-order valence-electron chi connectivity index (χ2n) is 7.86. The molecule has 162 valence electrons. The number of carbonyl (C=O) groups is 2. The molecule has 1 aromatic carbocycles. The molecule has 0 spiro atoms. The highest BCUT2D eigenvalue weighted by atomic mass is 32.2. The first kappa shape index (κ1) is 23.8. The quantitative estimate of drug-likeness (QED) is 0.439. The highest BCUT2D eigenvalue weighted by Gasteiger charge is 2.42. The van der Waals surface area contributed by atoms with Gasteiger partial charge in [-0.1, -0.05) is 38.3 Å². The third-order valence-electron chi connectivity index (χ3n) is 5.74. The van der Waals surface area contributed by atoms with Crippen molar-refractivity contribution >= 4 is 23.5 Å².